The SMILES string of the molecule is CC(C(=O)C(C)N1CCN(CCCl)CC1)N1CCN(CCCl)CC1. The highest BCUT2D eigenvalue weighted by Crippen LogP contribution is 2.13. The molecule has 0 N–H and O–H groups in total. The van der Waals surface area contributed by atoms with Crippen LogP contribution in [0.4, 0.5) is 0 Å². The summed E-state index contributed by atoms with van der Waals surface area (Å²) in [5, 5.41) is 0. The zero-order valence-electron chi connectivity index (χ0n) is 15.1. The molecule has 0 aromatic carbocycles. The standard InChI is InChI=1S/C17H32Cl2N4O/c1-15(22-11-7-20(5-3-18)8-12-22)17(24)16(2)23-13-9-21(6-4-19)10-14-23/h15-16H,3-14H2,1-2H3. The summed E-state index contributed by atoms with van der Waals surface area (Å²) < 4.78 is 0. The lowest BCUT2D eigenvalue weighted by Gasteiger charge is -2.41. The van der Waals surface area contributed by atoms with Crippen LogP contribution in [0.2, 0.25) is 0 Å². The molecule has 5 nitrogen and oxygen atoms in total. The molecule has 0 bridgehead atoms. The second kappa shape index (κ2) is 10.3. The smallest absolute Gasteiger partial charge is 0.166 e. The normalized spacial score (nSPS) is 24.8. The number of rotatable bonds is 8. The Hall–Kier alpha value is 0.0900. The zero-order chi connectivity index (χ0) is 17.5. The second-order valence-corrected chi connectivity index (χ2v) is 7.64. The van der Waals surface area contributed by atoms with E-state index >= 15 is 0 Å². The largest absolute Gasteiger partial charge is 0.300 e. The molecular formula is C17H32Cl2N4O. The van der Waals surface area contributed by atoms with E-state index in [9.17, 15) is 4.79 Å². The van der Waals surface area contributed by atoms with Crippen molar-refractivity contribution in [2.24, 2.45) is 0 Å². The van der Waals surface area contributed by atoms with Crippen molar-refractivity contribution in [1.82, 2.24) is 19.6 Å². The number of Topliss-reactive ketones (excluding diaryl/α,β-unsaturated/α-hetero) is 1. The van der Waals surface area contributed by atoms with Gasteiger partial charge in [0.15, 0.2) is 5.78 Å². The van der Waals surface area contributed by atoms with Crippen LogP contribution in [-0.2, 0) is 4.79 Å². The fourth-order valence-corrected chi connectivity index (χ4v) is 4.17. The minimum absolute atomic E-state index is 0.000905. The lowest BCUT2D eigenvalue weighted by Crippen LogP contribution is -2.57. The number of halogens is 2. The Morgan fingerprint density at radius 2 is 1.08 bits per heavy atom. The third-order valence-corrected chi connectivity index (χ3v) is 5.87. The van der Waals surface area contributed by atoms with Gasteiger partial charge in [-0.2, -0.15) is 0 Å². The van der Waals surface area contributed by atoms with Gasteiger partial charge in [0.25, 0.3) is 0 Å². The zero-order valence-corrected chi connectivity index (χ0v) is 16.6. The van der Waals surface area contributed by atoms with Crippen molar-refractivity contribution in [2.75, 3.05) is 77.2 Å². The molecule has 2 saturated heterocycles. The molecule has 0 amide bonds. The van der Waals surface area contributed by atoms with Crippen molar-refractivity contribution in [3.63, 3.8) is 0 Å². The molecular weight excluding hydrogens is 347 g/mol. The summed E-state index contributed by atoms with van der Waals surface area (Å²) in [6, 6.07) is -0.00181. The molecule has 2 fully saturated rings. The maximum absolute atomic E-state index is 12.9. The van der Waals surface area contributed by atoms with Gasteiger partial charge in [-0.1, -0.05) is 0 Å². The summed E-state index contributed by atoms with van der Waals surface area (Å²) >= 11 is 11.6. The van der Waals surface area contributed by atoms with Crippen molar-refractivity contribution in [3.8, 4) is 0 Å². The Balaban J connectivity index is 1.78. The number of hydrogen-bond donors (Lipinski definition) is 0. The first-order valence-electron chi connectivity index (χ1n) is 9.15. The molecule has 2 aliphatic heterocycles. The van der Waals surface area contributed by atoms with E-state index in [4.69, 9.17) is 23.2 Å². The lowest BCUT2D eigenvalue weighted by molar-refractivity contribution is -0.130. The summed E-state index contributed by atoms with van der Waals surface area (Å²) in [5.41, 5.74) is 0. The number of carbonyl (C=O) groups excluding carboxylic acids is 1. The first kappa shape index (κ1) is 20.4. The molecule has 2 atom stereocenters. The quantitative estimate of drug-likeness (QED) is 0.589. The number of ketones is 1. The van der Waals surface area contributed by atoms with Gasteiger partial charge in [0.1, 0.15) is 0 Å². The van der Waals surface area contributed by atoms with Crippen LogP contribution >= 0.6 is 23.2 Å². The molecule has 0 aromatic heterocycles. The minimum Gasteiger partial charge on any atom is -0.300 e. The number of alkyl halides is 2. The van der Waals surface area contributed by atoms with E-state index in [2.05, 4.69) is 33.4 Å². The van der Waals surface area contributed by atoms with E-state index in [1.165, 1.54) is 0 Å². The first-order chi connectivity index (χ1) is 11.6. The van der Waals surface area contributed by atoms with Gasteiger partial charge >= 0.3 is 0 Å². The molecule has 0 aliphatic carbocycles. The van der Waals surface area contributed by atoms with Gasteiger partial charge in [0, 0.05) is 77.2 Å². The predicted octanol–water partition coefficient (Wildman–Crippen LogP) is 1.05. The fraction of sp³-hybridized carbons (Fsp3) is 0.941. The highest BCUT2D eigenvalue weighted by molar-refractivity contribution is 6.18. The van der Waals surface area contributed by atoms with Crippen molar-refractivity contribution in [2.45, 2.75) is 25.9 Å². The van der Waals surface area contributed by atoms with E-state index in [1.807, 2.05) is 0 Å². The van der Waals surface area contributed by atoms with Gasteiger partial charge < -0.3 is 0 Å². The van der Waals surface area contributed by atoms with Crippen LogP contribution in [0, 0.1) is 0 Å². The molecule has 0 radical (unpaired) electrons. The highest BCUT2D eigenvalue weighted by Gasteiger charge is 2.32. The maximum Gasteiger partial charge on any atom is 0.166 e. The minimum atomic E-state index is -0.000905. The average molecular weight is 379 g/mol. The van der Waals surface area contributed by atoms with Crippen LogP contribution in [0.1, 0.15) is 13.8 Å². The van der Waals surface area contributed by atoms with Crippen LogP contribution in [0.3, 0.4) is 0 Å². The summed E-state index contributed by atoms with van der Waals surface area (Å²) in [4.78, 5) is 22.3. The molecule has 0 spiro atoms. The highest BCUT2D eigenvalue weighted by atomic mass is 35.5. The topological polar surface area (TPSA) is 30.0 Å². The monoisotopic (exact) mass is 378 g/mol. The molecule has 24 heavy (non-hydrogen) atoms. The number of piperazine rings is 2. The Morgan fingerprint density at radius 3 is 1.38 bits per heavy atom. The summed E-state index contributed by atoms with van der Waals surface area (Å²) in [6.45, 7) is 13.9. The predicted molar refractivity (Wildman–Crippen MR) is 101 cm³/mol. The fourth-order valence-electron chi connectivity index (χ4n) is 3.70. The maximum atomic E-state index is 12.9. The van der Waals surface area contributed by atoms with Gasteiger partial charge in [-0.05, 0) is 13.8 Å². The van der Waals surface area contributed by atoms with Gasteiger partial charge in [-0.3, -0.25) is 24.4 Å². The van der Waals surface area contributed by atoms with Gasteiger partial charge in [0.2, 0.25) is 0 Å². The Bertz CT molecular complexity index is 349. The van der Waals surface area contributed by atoms with Crippen molar-refractivity contribution in [3.05, 3.63) is 0 Å². The van der Waals surface area contributed by atoms with E-state index in [1.54, 1.807) is 0 Å². The molecule has 140 valence electrons. The number of nitrogens with zero attached hydrogens (tertiary/aromatic N) is 4. The average Bonchev–Trinajstić information content (AvgIpc) is 2.62. The van der Waals surface area contributed by atoms with Crippen molar-refractivity contribution >= 4 is 29.0 Å². The Morgan fingerprint density at radius 1 is 0.750 bits per heavy atom. The van der Waals surface area contributed by atoms with Crippen LogP contribution in [0.5, 0.6) is 0 Å². The van der Waals surface area contributed by atoms with E-state index in [-0.39, 0.29) is 12.1 Å². The van der Waals surface area contributed by atoms with E-state index < -0.39 is 0 Å². The molecule has 2 unspecified atom stereocenters. The summed E-state index contributed by atoms with van der Waals surface area (Å²) in [7, 11) is 0. The third kappa shape index (κ3) is 5.55. The second-order valence-electron chi connectivity index (χ2n) is 6.89. The van der Waals surface area contributed by atoms with E-state index in [0.717, 1.165) is 65.4 Å². The Labute approximate surface area is 156 Å². The van der Waals surface area contributed by atoms with Gasteiger partial charge in [-0.15, -0.1) is 23.2 Å². The molecule has 0 aromatic rings. The van der Waals surface area contributed by atoms with Crippen LogP contribution in [0.25, 0.3) is 0 Å². The molecule has 7 heteroatoms. The van der Waals surface area contributed by atoms with Gasteiger partial charge in [0.05, 0.1) is 12.1 Å². The van der Waals surface area contributed by atoms with E-state index in [0.29, 0.717) is 17.5 Å². The third-order valence-electron chi connectivity index (χ3n) is 5.53. The van der Waals surface area contributed by atoms with Crippen molar-refractivity contribution < 1.29 is 4.79 Å². The van der Waals surface area contributed by atoms with Crippen LogP contribution in [0.15, 0.2) is 0 Å². The van der Waals surface area contributed by atoms with Crippen molar-refractivity contribution in [1.29, 1.82) is 0 Å². The first-order valence-corrected chi connectivity index (χ1v) is 10.2. The number of hydrogen-bond acceptors (Lipinski definition) is 5. The lowest BCUT2D eigenvalue weighted by atomic mass is 10.0. The molecule has 2 rings (SSSR count). The molecule has 0 saturated carbocycles. The van der Waals surface area contributed by atoms with Crippen LogP contribution < -0.4 is 0 Å². The van der Waals surface area contributed by atoms with Crippen LogP contribution in [-0.4, -0.2) is 115 Å². The molecule has 2 aliphatic rings. The van der Waals surface area contributed by atoms with Gasteiger partial charge in [-0.25, -0.2) is 0 Å². The summed E-state index contributed by atoms with van der Waals surface area (Å²) in [5.74, 6) is 1.72. The number of carbonyl (C=O) groups is 1. The Kier molecular flexibility index (Phi) is 8.75. The molecule has 2 heterocycles. The summed E-state index contributed by atoms with van der Waals surface area (Å²) in [6.07, 6.45) is 0.